The quantitative estimate of drug-likeness (QED) is 0.427. The zero-order chi connectivity index (χ0) is 20.4. The number of hydrogen-bond donors (Lipinski definition) is 3. The summed E-state index contributed by atoms with van der Waals surface area (Å²) in [6.07, 6.45) is 1.44. The van der Waals surface area contributed by atoms with Gasteiger partial charge < -0.3 is 10.4 Å². The third kappa shape index (κ3) is 3.89. The Kier molecular flexibility index (Phi) is 4.87. The predicted molar refractivity (Wildman–Crippen MR) is 111 cm³/mol. The van der Waals surface area contributed by atoms with Crippen LogP contribution in [0.2, 0.25) is 0 Å². The van der Waals surface area contributed by atoms with Crippen molar-refractivity contribution in [3.63, 3.8) is 0 Å². The van der Waals surface area contributed by atoms with E-state index in [1.54, 1.807) is 18.2 Å². The lowest BCUT2D eigenvalue weighted by Gasteiger charge is -2.12. The van der Waals surface area contributed by atoms with Crippen LogP contribution in [0.1, 0.15) is 10.4 Å². The highest BCUT2D eigenvalue weighted by molar-refractivity contribution is 7.92. The lowest BCUT2D eigenvalue weighted by Crippen LogP contribution is -2.15. The minimum atomic E-state index is -4.00. The smallest absolute Gasteiger partial charge is 0.337 e. The summed E-state index contributed by atoms with van der Waals surface area (Å²) in [7, 11) is -4.00. The molecule has 2 heterocycles. The van der Waals surface area contributed by atoms with Gasteiger partial charge in [-0.15, -0.1) is 11.3 Å². The van der Waals surface area contributed by atoms with E-state index in [1.165, 1.54) is 48.0 Å². The predicted octanol–water partition coefficient (Wildman–Crippen LogP) is 3.93. The molecule has 0 fully saturated rings. The average molecular weight is 426 g/mol. The number of carbonyl (C=O) groups is 1. The van der Waals surface area contributed by atoms with Crippen molar-refractivity contribution in [3.8, 4) is 0 Å². The van der Waals surface area contributed by atoms with Crippen molar-refractivity contribution < 1.29 is 18.3 Å². The Bertz CT molecular complexity index is 1320. The van der Waals surface area contributed by atoms with Crippen molar-refractivity contribution >= 4 is 54.7 Å². The van der Waals surface area contributed by atoms with Crippen LogP contribution < -0.4 is 10.0 Å². The van der Waals surface area contributed by atoms with Gasteiger partial charge in [0.25, 0.3) is 10.0 Å². The molecule has 0 saturated carbocycles. The van der Waals surface area contributed by atoms with Crippen LogP contribution in [0.4, 0.5) is 17.2 Å². The van der Waals surface area contributed by atoms with E-state index in [9.17, 15) is 18.3 Å². The summed E-state index contributed by atoms with van der Waals surface area (Å²) in [6, 6.07) is 13.9. The number of anilines is 3. The summed E-state index contributed by atoms with van der Waals surface area (Å²) >= 11 is 1.48. The first-order chi connectivity index (χ1) is 13.9. The summed E-state index contributed by atoms with van der Waals surface area (Å²) in [5.41, 5.74) is 0.380. The van der Waals surface area contributed by atoms with Crippen LogP contribution in [0.25, 0.3) is 10.2 Å². The maximum atomic E-state index is 12.8. The zero-order valence-corrected chi connectivity index (χ0v) is 16.4. The summed E-state index contributed by atoms with van der Waals surface area (Å²) in [5, 5.41) is 15.1. The molecule has 0 aliphatic carbocycles. The van der Waals surface area contributed by atoms with Crippen LogP contribution in [0.3, 0.4) is 0 Å². The van der Waals surface area contributed by atoms with Gasteiger partial charge >= 0.3 is 5.97 Å². The number of nitrogens with zero attached hydrogens (tertiary/aromatic N) is 2. The van der Waals surface area contributed by atoms with Crippen molar-refractivity contribution in [2.75, 3.05) is 10.0 Å². The maximum absolute atomic E-state index is 12.8. The highest BCUT2D eigenvalue weighted by atomic mass is 32.2. The number of aromatic carboxylic acids is 1. The van der Waals surface area contributed by atoms with Gasteiger partial charge in [-0.1, -0.05) is 18.2 Å². The summed E-state index contributed by atoms with van der Waals surface area (Å²) < 4.78 is 27.9. The molecule has 0 aliphatic heterocycles. The minimum Gasteiger partial charge on any atom is -0.478 e. The molecule has 8 nitrogen and oxygen atoms in total. The van der Waals surface area contributed by atoms with E-state index in [-0.39, 0.29) is 16.1 Å². The molecule has 2 aromatic carbocycles. The number of para-hydroxylation sites is 1. The van der Waals surface area contributed by atoms with Crippen molar-refractivity contribution in [1.29, 1.82) is 0 Å². The fourth-order valence-corrected chi connectivity index (χ4v) is 4.59. The van der Waals surface area contributed by atoms with Crippen molar-refractivity contribution in [3.05, 3.63) is 71.9 Å². The third-order valence-electron chi connectivity index (χ3n) is 4.07. The highest BCUT2D eigenvalue weighted by Gasteiger charge is 2.19. The van der Waals surface area contributed by atoms with E-state index >= 15 is 0 Å². The Hall–Kier alpha value is -3.50. The molecule has 4 aromatic rings. The van der Waals surface area contributed by atoms with Gasteiger partial charge in [0.05, 0.1) is 21.5 Å². The molecular weight excluding hydrogens is 412 g/mol. The molecule has 29 heavy (non-hydrogen) atoms. The van der Waals surface area contributed by atoms with E-state index < -0.39 is 16.0 Å². The van der Waals surface area contributed by atoms with Crippen molar-refractivity contribution in [1.82, 2.24) is 9.97 Å². The van der Waals surface area contributed by atoms with Crippen LogP contribution in [0.15, 0.2) is 71.2 Å². The number of carboxylic acids is 1. The molecule has 0 unspecified atom stereocenters. The van der Waals surface area contributed by atoms with Crippen LogP contribution in [0, 0.1) is 0 Å². The molecule has 0 saturated heterocycles. The van der Waals surface area contributed by atoms with Crippen LogP contribution in [0.5, 0.6) is 0 Å². The van der Waals surface area contributed by atoms with Gasteiger partial charge in [0.15, 0.2) is 0 Å². The van der Waals surface area contributed by atoms with E-state index in [1.807, 2.05) is 11.4 Å². The summed E-state index contributed by atoms with van der Waals surface area (Å²) in [5.74, 6) is -0.655. The van der Waals surface area contributed by atoms with Crippen LogP contribution in [-0.2, 0) is 10.0 Å². The van der Waals surface area contributed by atoms with Gasteiger partial charge in [0, 0.05) is 5.69 Å². The lowest BCUT2D eigenvalue weighted by atomic mass is 10.2. The number of fused-ring (bicyclic) bond motifs is 1. The molecule has 0 radical (unpaired) electrons. The van der Waals surface area contributed by atoms with Crippen molar-refractivity contribution in [2.45, 2.75) is 4.90 Å². The monoisotopic (exact) mass is 426 g/mol. The van der Waals surface area contributed by atoms with Gasteiger partial charge in [-0.25, -0.2) is 23.2 Å². The molecule has 0 amide bonds. The second-order valence-electron chi connectivity index (χ2n) is 5.97. The highest BCUT2D eigenvalue weighted by Crippen LogP contribution is 2.28. The minimum absolute atomic E-state index is 0.00542. The fourth-order valence-electron chi connectivity index (χ4n) is 2.73. The number of aromatic nitrogens is 2. The van der Waals surface area contributed by atoms with Crippen LogP contribution in [-0.4, -0.2) is 29.5 Å². The van der Waals surface area contributed by atoms with Gasteiger partial charge in [0.1, 0.15) is 17.0 Å². The number of thiophene rings is 1. The first kappa shape index (κ1) is 18.8. The SMILES string of the molecule is O=C(O)c1ccccc1NS(=O)(=O)c1cccc(Nc2ncnc3sccc23)c1. The summed E-state index contributed by atoms with van der Waals surface area (Å²) in [6.45, 7) is 0. The Morgan fingerprint density at radius 2 is 1.86 bits per heavy atom. The Labute approximate surface area is 169 Å². The number of sulfonamides is 1. The molecule has 4 rings (SSSR count). The molecule has 0 atom stereocenters. The number of carboxylic acid groups (broad SMARTS) is 1. The summed E-state index contributed by atoms with van der Waals surface area (Å²) in [4.78, 5) is 20.5. The molecule has 0 bridgehead atoms. The van der Waals surface area contributed by atoms with Gasteiger partial charge in [-0.3, -0.25) is 4.72 Å². The van der Waals surface area contributed by atoms with Crippen LogP contribution >= 0.6 is 11.3 Å². The first-order valence-corrected chi connectivity index (χ1v) is 10.7. The molecule has 0 spiro atoms. The van der Waals surface area contributed by atoms with Gasteiger partial charge in [0.2, 0.25) is 0 Å². The molecule has 10 heteroatoms. The zero-order valence-electron chi connectivity index (χ0n) is 14.7. The van der Waals surface area contributed by atoms with Crippen molar-refractivity contribution in [2.24, 2.45) is 0 Å². The first-order valence-electron chi connectivity index (χ1n) is 8.34. The topological polar surface area (TPSA) is 121 Å². The van der Waals surface area contributed by atoms with Gasteiger partial charge in [-0.2, -0.15) is 0 Å². The van der Waals surface area contributed by atoms with E-state index in [0.29, 0.717) is 11.5 Å². The van der Waals surface area contributed by atoms with E-state index in [2.05, 4.69) is 20.0 Å². The number of rotatable bonds is 6. The Morgan fingerprint density at radius 1 is 1.03 bits per heavy atom. The largest absolute Gasteiger partial charge is 0.478 e. The normalized spacial score (nSPS) is 11.3. The Morgan fingerprint density at radius 3 is 2.69 bits per heavy atom. The molecule has 0 aliphatic rings. The number of benzene rings is 2. The third-order valence-corrected chi connectivity index (χ3v) is 6.25. The average Bonchev–Trinajstić information content (AvgIpc) is 3.18. The molecule has 146 valence electrons. The van der Waals surface area contributed by atoms with E-state index in [4.69, 9.17) is 0 Å². The molecular formula is C19H14N4O4S2. The second kappa shape index (κ2) is 7.49. The lowest BCUT2D eigenvalue weighted by molar-refractivity contribution is 0.0698. The Balaban J connectivity index is 1.64. The second-order valence-corrected chi connectivity index (χ2v) is 8.55. The standard InChI is InChI=1S/C19H14N4O4S2/c24-19(25)14-6-1-2-7-16(14)23-29(26,27)13-5-3-4-12(10-13)22-17-15-8-9-28-18(15)21-11-20-17/h1-11,23H,(H,24,25)(H,20,21,22). The van der Waals surface area contributed by atoms with Gasteiger partial charge in [-0.05, 0) is 41.8 Å². The number of nitrogens with one attached hydrogen (secondary N) is 2. The molecule has 2 aromatic heterocycles. The fraction of sp³-hybridized carbons (Fsp3) is 0. The van der Waals surface area contributed by atoms with E-state index in [0.717, 1.165) is 10.2 Å². The molecule has 3 N–H and O–H groups in total. The maximum Gasteiger partial charge on any atom is 0.337 e. The number of hydrogen-bond acceptors (Lipinski definition) is 7.